The van der Waals surface area contributed by atoms with Crippen LogP contribution in [0.4, 0.5) is 8.78 Å². The van der Waals surface area contributed by atoms with E-state index >= 15 is 0 Å². The number of hydrogen-bond acceptors (Lipinski definition) is 1. The summed E-state index contributed by atoms with van der Waals surface area (Å²) in [5.41, 5.74) is 0.124. The van der Waals surface area contributed by atoms with Crippen LogP contribution in [0.15, 0.2) is 12.1 Å². The van der Waals surface area contributed by atoms with Crippen LogP contribution in [0.5, 0.6) is 0 Å². The van der Waals surface area contributed by atoms with Gasteiger partial charge in [0.2, 0.25) is 0 Å². The Morgan fingerprint density at radius 2 is 2.08 bits per heavy atom. The maximum absolute atomic E-state index is 13.1. The summed E-state index contributed by atoms with van der Waals surface area (Å²) in [5.74, 6) is -1.86. The average Bonchev–Trinajstić information content (AvgIpc) is 2.06. The van der Waals surface area contributed by atoms with E-state index in [0.717, 1.165) is 6.07 Å². The van der Waals surface area contributed by atoms with Crippen molar-refractivity contribution in [2.45, 2.75) is 13.3 Å². The summed E-state index contributed by atoms with van der Waals surface area (Å²) in [5, 5.41) is -0.557. The fourth-order valence-electron chi connectivity index (χ4n) is 0.971. The minimum Gasteiger partial charge on any atom is -0.300 e. The summed E-state index contributed by atoms with van der Waals surface area (Å²) in [6.45, 7) is 1.33. The zero-order chi connectivity index (χ0) is 10.0. The van der Waals surface area contributed by atoms with E-state index in [1.165, 1.54) is 13.0 Å². The Labute approximate surface area is 79.3 Å². The number of benzene rings is 1. The SMILES string of the molecule is CC(=O)Cc1ccc(F)c(Cl)c1F. The average molecular weight is 205 g/mol. The molecule has 0 N–H and O–H groups in total. The van der Waals surface area contributed by atoms with Crippen molar-refractivity contribution in [2.75, 3.05) is 0 Å². The molecule has 0 spiro atoms. The van der Waals surface area contributed by atoms with Crippen LogP contribution in [0.3, 0.4) is 0 Å². The third kappa shape index (κ3) is 2.25. The lowest BCUT2D eigenvalue weighted by Crippen LogP contribution is -2.00. The molecule has 0 unspecified atom stereocenters. The Kier molecular flexibility index (Phi) is 2.98. The number of rotatable bonds is 2. The Hall–Kier alpha value is -0.960. The van der Waals surface area contributed by atoms with Crippen LogP contribution in [-0.2, 0) is 11.2 Å². The van der Waals surface area contributed by atoms with E-state index in [4.69, 9.17) is 11.6 Å². The van der Waals surface area contributed by atoms with Gasteiger partial charge in [0.15, 0.2) is 0 Å². The van der Waals surface area contributed by atoms with Crippen molar-refractivity contribution in [1.29, 1.82) is 0 Å². The first-order valence-electron chi connectivity index (χ1n) is 3.64. The molecule has 0 heterocycles. The van der Waals surface area contributed by atoms with Crippen molar-refractivity contribution in [2.24, 2.45) is 0 Å². The van der Waals surface area contributed by atoms with Crippen molar-refractivity contribution in [3.05, 3.63) is 34.4 Å². The minimum atomic E-state index is -0.850. The molecule has 0 bridgehead atoms. The first-order valence-corrected chi connectivity index (χ1v) is 4.02. The van der Waals surface area contributed by atoms with Gasteiger partial charge in [-0.2, -0.15) is 0 Å². The third-order valence-electron chi connectivity index (χ3n) is 1.55. The summed E-state index contributed by atoms with van der Waals surface area (Å²) < 4.78 is 25.7. The Morgan fingerprint density at radius 3 is 2.62 bits per heavy atom. The molecule has 0 saturated heterocycles. The minimum absolute atomic E-state index is 0.0637. The van der Waals surface area contributed by atoms with Crippen LogP contribution in [-0.4, -0.2) is 5.78 Å². The van der Waals surface area contributed by atoms with Crippen molar-refractivity contribution < 1.29 is 13.6 Å². The zero-order valence-electron chi connectivity index (χ0n) is 6.90. The molecule has 0 fully saturated rings. The van der Waals surface area contributed by atoms with Crippen LogP contribution in [0.1, 0.15) is 12.5 Å². The van der Waals surface area contributed by atoms with Gasteiger partial charge in [0.05, 0.1) is 0 Å². The second-order valence-corrected chi connectivity index (χ2v) is 3.09. The molecule has 0 radical (unpaired) electrons. The summed E-state index contributed by atoms with van der Waals surface area (Å²) in [6.07, 6.45) is -0.0637. The third-order valence-corrected chi connectivity index (χ3v) is 1.90. The Bertz CT molecular complexity index is 350. The molecule has 1 aromatic rings. The maximum Gasteiger partial charge on any atom is 0.148 e. The number of Topliss-reactive ketones (excluding diaryl/α,β-unsaturated/α-hetero) is 1. The van der Waals surface area contributed by atoms with Crippen LogP contribution in [0.2, 0.25) is 5.02 Å². The lowest BCUT2D eigenvalue weighted by atomic mass is 10.1. The van der Waals surface area contributed by atoms with E-state index in [2.05, 4.69) is 0 Å². The molecule has 0 aromatic heterocycles. The highest BCUT2D eigenvalue weighted by atomic mass is 35.5. The lowest BCUT2D eigenvalue weighted by Gasteiger charge is -2.02. The molecule has 0 aliphatic rings. The highest BCUT2D eigenvalue weighted by molar-refractivity contribution is 6.31. The second kappa shape index (κ2) is 3.83. The van der Waals surface area contributed by atoms with Crippen molar-refractivity contribution in [1.82, 2.24) is 0 Å². The maximum atomic E-state index is 13.1. The number of halogens is 3. The van der Waals surface area contributed by atoms with E-state index in [9.17, 15) is 13.6 Å². The summed E-state index contributed by atoms with van der Waals surface area (Å²) >= 11 is 5.30. The summed E-state index contributed by atoms with van der Waals surface area (Å²) in [7, 11) is 0. The van der Waals surface area contributed by atoms with Gasteiger partial charge in [-0.05, 0) is 18.6 Å². The predicted octanol–water partition coefficient (Wildman–Crippen LogP) is 2.75. The molecule has 0 saturated carbocycles. The number of carbonyl (C=O) groups excluding carboxylic acids is 1. The van der Waals surface area contributed by atoms with Crippen molar-refractivity contribution >= 4 is 17.4 Å². The number of ketones is 1. The van der Waals surface area contributed by atoms with Gasteiger partial charge >= 0.3 is 0 Å². The predicted molar refractivity (Wildman–Crippen MR) is 45.8 cm³/mol. The lowest BCUT2D eigenvalue weighted by molar-refractivity contribution is -0.116. The normalized spacial score (nSPS) is 10.2. The van der Waals surface area contributed by atoms with Gasteiger partial charge in [-0.1, -0.05) is 17.7 Å². The Balaban J connectivity index is 3.10. The largest absolute Gasteiger partial charge is 0.300 e. The van der Waals surface area contributed by atoms with Crippen LogP contribution < -0.4 is 0 Å². The van der Waals surface area contributed by atoms with Gasteiger partial charge in [-0.3, -0.25) is 4.79 Å². The van der Waals surface area contributed by atoms with Gasteiger partial charge in [0.25, 0.3) is 0 Å². The molecule has 0 aliphatic carbocycles. The molecule has 1 aromatic carbocycles. The summed E-state index contributed by atoms with van der Waals surface area (Å²) in [6, 6.07) is 2.27. The molecular weight excluding hydrogens is 198 g/mol. The fourth-order valence-corrected chi connectivity index (χ4v) is 1.15. The number of carbonyl (C=O) groups is 1. The van der Waals surface area contributed by atoms with E-state index in [-0.39, 0.29) is 17.8 Å². The van der Waals surface area contributed by atoms with Gasteiger partial charge in [0, 0.05) is 6.42 Å². The monoisotopic (exact) mass is 204 g/mol. The quantitative estimate of drug-likeness (QED) is 0.677. The van der Waals surface area contributed by atoms with Gasteiger partial charge in [-0.25, -0.2) is 8.78 Å². The van der Waals surface area contributed by atoms with E-state index in [0.29, 0.717) is 0 Å². The highest BCUT2D eigenvalue weighted by Gasteiger charge is 2.12. The molecule has 1 nitrogen and oxygen atoms in total. The van der Waals surface area contributed by atoms with E-state index in [1.807, 2.05) is 0 Å². The Morgan fingerprint density at radius 1 is 1.46 bits per heavy atom. The molecule has 0 atom stereocenters. The van der Waals surface area contributed by atoms with E-state index in [1.54, 1.807) is 0 Å². The van der Waals surface area contributed by atoms with Crippen LogP contribution >= 0.6 is 11.6 Å². The van der Waals surface area contributed by atoms with Crippen molar-refractivity contribution in [3.63, 3.8) is 0 Å². The molecule has 4 heteroatoms. The molecule has 0 aliphatic heterocycles. The van der Waals surface area contributed by atoms with Gasteiger partial charge in [-0.15, -0.1) is 0 Å². The summed E-state index contributed by atoms with van der Waals surface area (Å²) in [4.78, 5) is 10.7. The number of hydrogen-bond donors (Lipinski definition) is 0. The zero-order valence-corrected chi connectivity index (χ0v) is 7.66. The fraction of sp³-hybridized carbons (Fsp3) is 0.222. The first kappa shape index (κ1) is 10.1. The van der Waals surface area contributed by atoms with Gasteiger partial charge in [0.1, 0.15) is 22.4 Å². The molecule has 70 valence electrons. The molecule has 13 heavy (non-hydrogen) atoms. The smallest absolute Gasteiger partial charge is 0.148 e. The standard InChI is InChI=1S/C9H7ClF2O/c1-5(13)4-6-2-3-7(11)8(10)9(6)12/h2-3H,4H2,1H3. The highest BCUT2D eigenvalue weighted by Crippen LogP contribution is 2.22. The van der Waals surface area contributed by atoms with E-state index < -0.39 is 16.7 Å². The van der Waals surface area contributed by atoms with Crippen LogP contribution in [0.25, 0.3) is 0 Å². The van der Waals surface area contributed by atoms with Crippen LogP contribution in [0, 0.1) is 11.6 Å². The second-order valence-electron chi connectivity index (χ2n) is 2.71. The van der Waals surface area contributed by atoms with Crippen molar-refractivity contribution in [3.8, 4) is 0 Å². The molecular formula is C9H7ClF2O. The van der Waals surface area contributed by atoms with Gasteiger partial charge < -0.3 is 0 Å². The molecule has 1 rings (SSSR count). The first-order chi connectivity index (χ1) is 6.02. The molecule has 0 amide bonds. The topological polar surface area (TPSA) is 17.1 Å².